The van der Waals surface area contributed by atoms with E-state index in [2.05, 4.69) is 15.3 Å². The molecule has 1 N–H and O–H groups in total. The molecule has 0 fully saturated rings. The molecule has 2 aromatic heterocycles. The molecule has 21 heavy (non-hydrogen) atoms. The van der Waals surface area contributed by atoms with E-state index < -0.39 is 0 Å². The zero-order valence-electron chi connectivity index (χ0n) is 10.8. The fraction of sp³-hybridized carbons (Fsp3) is 0. The summed E-state index contributed by atoms with van der Waals surface area (Å²) >= 11 is 5.97. The average Bonchev–Trinajstić information content (AvgIpc) is 3.02. The molecule has 0 saturated heterocycles. The molecule has 5 nitrogen and oxygen atoms in total. The van der Waals surface area contributed by atoms with Crippen LogP contribution in [0.1, 0.15) is 10.4 Å². The van der Waals surface area contributed by atoms with Gasteiger partial charge in [0.15, 0.2) is 12.2 Å². The molecule has 1 aromatic carbocycles. The molecule has 0 saturated carbocycles. The van der Waals surface area contributed by atoms with E-state index >= 15 is 0 Å². The Hall–Kier alpha value is -2.66. The Morgan fingerprint density at radius 3 is 2.86 bits per heavy atom. The van der Waals surface area contributed by atoms with Crippen LogP contribution >= 0.6 is 11.6 Å². The second-order valence-electron chi connectivity index (χ2n) is 4.26. The quantitative estimate of drug-likeness (QED) is 0.801. The highest BCUT2D eigenvalue weighted by Gasteiger charge is 2.11. The number of aromatic nitrogens is 2. The first kappa shape index (κ1) is 13.3. The van der Waals surface area contributed by atoms with Crippen LogP contribution in [0.3, 0.4) is 0 Å². The van der Waals surface area contributed by atoms with Crippen molar-refractivity contribution in [3.63, 3.8) is 0 Å². The van der Waals surface area contributed by atoms with Crippen molar-refractivity contribution < 1.29 is 9.21 Å². The smallest absolute Gasteiger partial charge is 0.258 e. The number of rotatable bonds is 3. The van der Waals surface area contributed by atoms with Gasteiger partial charge in [-0.2, -0.15) is 0 Å². The molecule has 6 heteroatoms. The fourth-order valence-electron chi connectivity index (χ4n) is 1.85. The third kappa shape index (κ3) is 2.93. The van der Waals surface area contributed by atoms with Crippen LogP contribution in [-0.2, 0) is 0 Å². The Balaban J connectivity index is 1.84. The molecule has 0 aliphatic heterocycles. The van der Waals surface area contributed by atoms with Crippen molar-refractivity contribution in [2.24, 2.45) is 0 Å². The number of carbonyl (C=O) groups excluding carboxylic acids is 1. The van der Waals surface area contributed by atoms with Crippen molar-refractivity contribution in [3.8, 4) is 11.3 Å². The summed E-state index contributed by atoms with van der Waals surface area (Å²) in [5.41, 5.74) is 1.78. The van der Waals surface area contributed by atoms with E-state index in [0.29, 0.717) is 22.0 Å². The predicted octanol–water partition coefficient (Wildman–Crippen LogP) is 3.64. The third-order valence-electron chi connectivity index (χ3n) is 2.85. The summed E-state index contributed by atoms with van der Waals surface area (Å²) < 4.78 is 5.23. The van der Waals surface area contributed by atoms with Crippen molar-refractivity contribution in [1.82, 2.24) is 9.97 Å². The molecule has 3 aromatic rings. The third-order valence-corrected chi connectivity index (χ3v) is 3.18. The van der Waals surface area contributed by atoms with Crippen LogP contribution in [0.5, 0.6) is 0 Å². The van der Waals surface area contributed by atoms with Gasteiger partial charge in [0.1, 0.15) is 0 Å². The van der Waals surface area contributed by atoms with Crippen molar-refractivity contribution in [1.29, 1.82) is 0 Å². The Kier molecular flexibility index (Phi) is 3.66. The number of oxazole rings is 1. The molecule has 0 bridgehead atoms. The van der Waals surface area contributed by atoms with Crippen molar-refractivity contribution in [2.45, 2.75) is 0 Å². The van der Waals surface area contributed by atoms with Gasteiger partial charge in [-0.3, -0.25) is 9.78 Å². The van der Waals surface area contributed by atoms with Crippen LogP contribution in [0.2, 0.25) is 5.02 Å². The van der Waals surface area contributed by atoms with E-state index in [4.69, 9.17) is 16.0 Å². The van der Waals surface area contributed by atoms with E-state index in [1.54, 1.807) is 24.4 Å². The monoisotopic (exact) mass is 299 g/mol. The van der Waals surface area contributed by atoms with Crippen LogP contribution in [0.15, 0.2) is 59.7 Å². The lowest BCUT2D eigenvalue weighted by Crippen LogP contribution is -2.12. The van der Waals surface area contributed by atoms with E-state index in [0.717, 1.165) is 5.56 Å². The van der Waals surface area contributed by atoms with E-state index in [-0.39, 0.29) is 5.91 Å². The Morgan fingerprint density at radius 1 is 1.19 bits per heavy atom. The summed E-state index contributed by atoms with van der Waals surface area (Å²) in [5, 5.41) is 3.13. The van der Waals surface area contributed by atoms with Crippen molar-refractivity contribution in [2.75, 3.05) is 5.32 Å². The van der Waals surface area contributed by atoms with Gasteiger partial charge in [0.05, 0.1) is 16.8 Å². The molecule has 0 radical (unpaired) electrons. The summed E-state index contributed by atoms with van der Waals surface area (Å²) in [7, 11) is 0. The van der Waals surface area contributed by atoms with Crippen LogP contribution in [-0.4, -0.2) is 15.9 Å². The van der Waals surface area contributed by atoms with Gasteiger partial charge in [0.2, 0.25) is 0 Å². The number of anilines is 1. The minimum atomic E-state index is -0.317. The average molecular weight is 300 g/mol. The minimum Gasteiger partial charge on any atom is -0.444 e. The first-order chi connectivity index (χ1) is 10.2. The maximum Gasteiger partial charge on any atom is 0.258 e. The maximum atomic E-state index is 12.2. The van der Waals surface area contributed by atoms with Crippen LogP contribution in [0.4, 0.5) is 5.69 Å². The van der Waals surface area contributed by atoms with Gasteiger partial charge in [0.25, 0.3) is 5.91 Å². The molecule has 0 unspecified atom stereocenters. The topological polar surface area (TPSA) is 68.0 Å². The molecule has 0 atom stereocenters. The minimum absolute atomic E-state index is 0.317. The molecular formula is C15H10ClN3O2. The van der Waals surface area contributed by atoms with Gasteiger partial charge >= 0.3 is 0 Å². The second kappa shape index (κ2) is 5.76. The normalized spacial score (nSPS) is 10.3. The molecular weight excluding hydrogens is 290 g/mol. The van der Waals surface area contributed by atoms with Gasteiger partial charge in [0, 0.05) is 23.6 Å². The number of benzene rings is 1. The summed E-state index contributed by atoms with van der Waals surface area (Å²) in [5.74, 6) is 0.313. The summed E-state index contributed by atoms with van der Waals surface area (Å²) in [6, 6.07) is 8.83. The van der Waals surface area contributed by atoms with Gasteiger partial charge < -0.3 is 9.73 Å². The van der Waals surface area contributed by atoms with Gasteiger partial charge in [-0.15, -0.1) is 0 Å². The molecule has 2 heterocycles. The lowest BCUT2D eigenvalue weighted by molar-refractivity contribution is 0.102. The SMILES string of the molecule is O=C(Nc1cccc(-c2cnco2)c1)c1cnccc1Cl. The second-order valence-corrected chi connectivity index (χ2v) is 4.66. The zero-order chi connectivity index (χ0) is 14.7. The van der Waals surface area contributed by atoms with E-state index in [1.807, 2.05) is 12.1 Å². The largest absolute Gasteiger partial charge is 0.444 e. The van der Waals surface area contributed by atoms with Crippen molar-refractivity contribution >= 4 is 23.2 Å². The highest BCUT2D eigenvalue weighted by atomic mass is 35.5. The Bertz CT molecular complexity index is 772. The van der Waals surface area contributed by atoms with Crippen LogP contribution < -0.4 is 5.32 Å². The molecule has 0 aliphatic carbocycles. The van der Waals surface area contributed by atoms with Gasteiger partial charge in [-0.05, 0) is 18.2 Å². The predicted molar refractivity (Wildman–Crippen MR) is 79.1 cm³/mol. The molecule has 0 spiro atoms. The van der Waals surface area contributed by atoms with E-state index in [9.17, 15) is 4.79 Å². The van der Waals surface area contributed by atoms with Crippen LogP contribution in [0, 0.1) is 0 Å². The van der Waals surface area contributed by atoms with Gasteiger partial charge in [-0.25, -0.2) is 4.98 Å². The number of amides is 1. The number of nitrogens with zero attached hydrogens (tertiary/aromatic N) is 2. The number of carbonyl (C=O) groups is 1. The number of nitrogens with one attached hydrogen (secondary N) is 1. The summed E-state index contributed by atoms with van der Waals surface area (Å²) in [6.45, 7) is 0. The highest BCUT2D eigenvalue weighted by Crippen LogP contribution is 2.23. The first-order valence-corrected chi connectivity index (χ1v) is 6.51. The highest BCUT2D eigenvalue weighted by molar-refractivity contribution is 6.34. The summed E-state index contributed by atoms with van der Waals surface area (Å²) in [4.78, 5) is 19.9. The lowest BCUT2D eigenvalue weighted by atomic mass is 10.1. The molecule has 3 rings (SSSR count). The van der Waals surface area contributed by atoms with Crippen molar-refractivity contribution in [3.05, 3.63) is 65.9 Å². The maximum absolute atomic E-state index is 12.2. The number of halogens is 1. The molecule has 0 aliphatic rings. The molecule has 1 amide bonds. The standard InChI is InChI=1S/C15H10ClN3O2/c16-13-4-5-17-7-12(13)15(20)19-11-3-1-2-10(6-11)14-8-18-9-21-14/h1-9H,(H,19,20). The van der Waals surface area contributed by atoms with Crippen LogP contribution in [0.25, 0.3) is 11.3 Å². The van der Waals surface area contributed by atoms with E-state index in [1.165, 1.54) is 18.8 Å². The fourth-order valence-corrected chi connectivity index (χ4v) is 2.04. The summed E-state index contributed by atoms with van der Waals surface area (Å²) in [6.07, 6.45) is 5.93. The number of pyridine rings is 1. The Labute approximate surface area is 125 Å². The molecule has 104 valence electrons. The number of hydrogen-bond acceptors (Lipinski definition) is 4. The number of hydrogen-bond donors (Lipinski definition) is 1. The Morgan fingerprint density at radius 2 is 2.10 bits per heavy atom. The zero-order valence-corrected chi connectivity index (χ0v) is 11.5. The van der Waals surface area contributed by atoms with Gasteiger partial charge in [-0.1, -0.05) is 23.7 Å². The lowest BCUT2D eigenvalue weighted by Gasteiger charge is -2.07. The first-order valence-electron chi connectivity index (χ1n) is 6.14.